The minimum absolute atomic E-state index is 0.324. The topological polar surface area (TPSA) is 9.23 Å². The summed E-state index contributed by atoms with van der Waals surface area (Å²) in [6.45, 7) is 8.50. The maximum absolute atomic E-state index is 5.58. The third kappa shape index (κ3) is 9.87. The van der Waals surface area contributed by atoms with E-state index in [2.05, 4.69) is 39.1 Å². The van der Waals surface area contributed by atoms with E-state index in [0.29, 0.717) is 0 Å². The Balaban J connectivity index is 3.29. The largest absolute Gasteiger partial charge is 0.459 e. The first-order chi connectivity index (χ1) is 5.13. The Hall–Kier alpha value is -0.126. The van der Waals surface area contributed by atoms with Gasteiger partial charge in [-0.3, -0.25) is 0 Å². The van der Waals surface area contributed by atoms with Crippen molar-refractivity contribution in [3.8, 4) is 0 Å². The van der Waals surface area contributed by atoms with Crippen molar-refractivity contribution in [2.45, 2.75) is 27.7 Å². The van der Waals surface area contributed by atoms with Crippen molar-refractivity contribution in [1.29, 1.82) is 0 Å². The van der Waals surface area contributed by atoms with E-state index in [1.165, 1.54) is 11.1 Å². The summed E-state index contributed by atoms with van der Waals surface area (Å²) in [7, 11) is -0.648. The zero-order chi connectivity index (χ0) is 8.69. The first kappa shape index (κ1) is 10.9. The molecule has 3 heteroatoms. The van der Waals surface area contributed by atoms with Gasteiger partial charge >= 0.3 is 0 Å². The van der Waals surface area contributed by atoms with Crippen LogP contribution in [0.2, 0.25) is 0 Å². The Morgan fingerprint density at radius 2 is 1.27 bits per heavy atom. The van der Waals surface area contributed by atoms with Gasteiger partial charge in [0.1, 0.15) is 0 Å². The molecule has 0 radical (unpaired) electrons. The summed E-state index contributed by atoms with van der Waals surface area (Å²) >= 11 is 0. The fraction of sp³-hybridized carbons (Fsp3) is 0.500. The van der Waals surface area contributed by atoms with Gasteiger partial charge in [0.2, 0.25) is 0 Å². The van der Waals surface area contributed by atoms with Crippen molar-refractivity contribution in [3.63, 3.8) is 0 Å². The van der Waals surface area contributed by atoms with E-state index < -0.39 is 0 Å². The lowest BCUT2D eigenvalue weighted by Gasteiger charge is -1.95. The van der Waals surface area contributed by atoms with Gasteiger partial charge in [-0.25, -0.2) is 0 Å². The zero-order valence-corrected chi connectivity index (χ0v) is 10.8. The molecule has 0 unspecified atom stereocenters. The standard InChI is InChI=1S/C8H18OSi2/c1-7(2)5-10-9-11-6-8(3)4/h5-6H,10-11H2,1-4H3. The van der Waals surface area contributed by atoms with E-state index in [0.717, 1.165) is 0 Å². The first-order valence-corrected chi connectivity index (χ1v) is 6.76. The average molecular weight is 186 g/mol. The van der Waals surface area contributed by atoms with Crippen molar-refractivity contribution in [1.82, 2.24) is 0 Å². The molecule has 0 bridgehead atoms. The highest BCUT2D eigenvalue weighted by Crippen LogP contribution is 1.88. The molecule has 0 saturated carbocycles. The molecule has 0 rings (SSSR count). The summed E-state index contributed by atoms with van der Waals surface area (Å²) in [5.74, 6) is 0. The Kier molecular flexibility index (Phi) is 6.50. The van der Waals surface area contributed by atoms with E-state index in [4.69, 9.17) is 4.12 Å². The van der Waals surface area contributed by atoms with Gasteiger partial charge in [0.25, 0.3) is 0 Å². The molecule has 1 nitrogen and oxygen atoms in total. The van der Waals surface area contributed by atoms with E-state index >= 15 is 0 Å². The molecule has 0 saturated heterocycles. The number of hydrogen-bond donors (Lipinski definition) is 0. The molecular weight excluding hydrogens is 168 g/mol. The molecule has 0 aromatic carbocycles. The quantitative estimate of drug-likeness (QED) is 0.470. The van der Waals surface area contributed by atoms with Crippen molar-refractivity contribution in [2.75, 3.05) is 0 Å². The summed E-state index contributed by atoms with van der Waals surface area (Å²) in [4.78, 5) is 0. The summed E-state index contributed by atoms with van der Waals surface area (Å²) in [5, 5.41) is 0. The smallest absolute Gasteiger partial charge is 0.171 e. The lowest BCUT2D eigenvalue weighted by Crippen LogP contribution is -1.99. The number of rotatable bonds is 4. The van der Waals surface area contributed by atoms with Crippen LogP contribution >= 0.6 is 0 Å². The Morgan fingerprint density at radius 3 is 1.55 bits per heavy atom. The van der Waals surface area contributed by atoms with Gasteiger partial charge in [0.05, 0.1) is 0 Å². The molecule has 0 amide bonds. The minimum Gasteiger partial charge on any atom is -0.459 e. The second-order valence-corrected chi connectivity index (χ2v) is 6.22. The highest BCUT2D eigenvalue weighted by atomic mass is 28.3. The highest BCUT2D eigenvalue weighted by molar-refractivity contribution is 6.49. The molecule has 0 spiro atoms. The summed E-state index contributed by atoms with van der Waals surface area (Å²) in [6.07, 6.45) is 0. The maximum Gasteiger partial charge on any atom is 0.171 e. The van der Waals surface area contributed by atoms with E-state index in [9.17, 15) is 0 Å². The van der Waals surface area contributed by atoms with Gasteiger partial charge in [-0.1, -0.05) is 22.5 Å². The van der Waals surface area contributed by atoms with Crippen molar-refractivity contribution >= 4 is 19.5 Å². The molecular formula is C8H18OSi2. The second kappa shape index (κ2) is 6.58. The van der Waals surface area contributed by atoms with Crippen molar-refractivity contribution in [2.24, 2.45) is 0 Å². The molecule has 0 aromatic rings. The van der Waals surface area contributed by atoms with Crippen LogP contribution in [0.15, 0.2) is 22.5 Å². The monoisotopic (exact) mass is 186 g/mol. The SMILES string of the molecule is CC(C)=C[SiH2]O[SiH2]C=C(C)C. The Labute approximate surface area is 74.4 Å². The fourth-order valence-corrected chi connectivity index (χ4v) is 2.67. The Morgan fingerprint density at radius 1 is 0.909 bits per heavy atom. The van der Waals surface area contributed by atoms with Crippen LogP contribution in [0, 0.1) is 0 Å². The van der Waals surface area contributed by atoms with E-state index in [1.807, 2.05) is 0 Å². The van der Waals surface area contributed by atoms with Gasteiger partial charge in [0.15, 0.2) is 19.5 Å². The third-order valence-electron chi connectivity index (χ3n) is 1.22. The van der Waals surface area contributed by atoms with Gasteiger partial charge < -0.3 is 4.12 Å². The molecule has 0 N–H and O–H groups in total. The van der Waals surface area contributed by atoms with Crippen LogP contribution in [0.1, 0.15) is 27.7 Å². The molecule has 0 atom stereocenters. The number of allylic oxidation sites excluding steroid dienone is 2. The first-order valence-electron chi connectivity index (χ1n) is 3.97. The maximum atomic E-state index is 5.58. The van der Waals surface area contributed by atoms with Crippen molar-refractivity contribution < 1.29 is 4.12 Å². The molecule has 0 aliphatic carbocycles. The summed E-state index contributed by atoms with van der Waals surface area (Å²) < 4.78 is 5.58. The van der Waals surface area contributed by atoms with Crippen molar-refractivity contribution in [3.05, 3.63) is 22.5 Å². The van der Waals surface area contributed by atoms with Gasteiger partial charge in [0, 0.05) is 0 Å². The van der Waals surface area contributed by atoms with Crippen LogP contribution in [0.4, 0.5) is 0 Å². The van der Waals surface area contributed by atoms with E-state index in [-0.39, 0.29) is 19.5 Å². The normalized spacial score (nSPS) is 11.3. The molecule has 64 valence electrons. The molecule has 0 aliphatic heterocycles. The molecule has 0 aromatic heterocycles. The van der Waals surface area contributed by atoms with E-state index in [1.54, 1.807) is 0 Å². The molecule has 11 heavy (non-hydrogen) atoms. The predicted molar refractivity (Wildman–Crippen MR) is 57.0 cm³/mol. The fourth-order valence-electron chi connectivity index (χ4n) is 0.519. The zero-order valence-electron chi connectivity index (χ0n) is 7.98. The molecule has 0 heterocycles. The lowest BCUT2D eigenvalue weighted by atomic mass is 10.4. The van der Waals surface area contributed by atoms with Gasteiger partial charge in [-0.15, -0.1) is 0 Å². The third-order valence-corrected chi connectivity index (χ3v) is 5.07. The predicted octanol–water partition coefficient (Wildman–Crippen LogP) is 1.02. The van der Waals surface area contributed by atoms with Crippen LogP contribution in [-0.4, -0.2) is 19.5 Å². The van der Waals surface area contributed by atoms with Crippen LogP contribution in [0.25, 0.3) is 0 Å². The lowest BCUT2D eigenvalue weighted by molar-refractivity contribution is 0.660. The van der Waals surface area contributed by atoms with Crippen LogP contribution in [-0.2, 0) is 4.12 Å². The van der Waals surface area contributed by atoms with Gasteiger partial charge in [-0.05, 0) is 27.7 Å². The molecule has 0 aliphatic rings. The van der Waals surface area contributed by atoms with Crippen LogP contribution in [0.5, 0.6) is 0 Å². The second-order valence-electron chi connectivity index (χ2n) is 3.10. The summed E-state index contributed by atoms with van der Waals surface area (Å²) in [5.41, 5.74) is 7.29. The number of hydrogen-bond acceptors (Lipinski definition) is 1. The van der Waals surface area contributed by atoms with Crippen LogP contribution in [0.3, 0.4) is 0 Å². The minimum atomic E-state index is -0.324. The van der Waals surface area contributed by atoms with Gasteiger partial charge in [-0.2, -0.15) is 0 Å². The van der Waals surface area contributed by atoms with Crippen LogP contribution < -0.4 is 0 Å². The molecule has 0 fully saturated rings. The average Bonchev–Trinajstić information content (AvgIpc) is 1.85. The Bertz CT molecular complexity index is 135. The summed E-state index contributed by atoms with van der Waals surface area (Å²) in [6, 6.07) is 0. The highest BCUT2D eigenvalue weighted by Gasteiger charge is 1.83.